The van der Waals surface area contributed by atoms with E-state index >= 15 is 0 Å². The third kappa shape index (κ3) is 5.19. The maximum atomic E-state index is 12.0. The van der Waals surface area contributed by atoms with Gasteiger partial charge in [0.2, 0.25) is 5.91 Å². The summed E-state index contributed by atoms with van der Waals surface area (Å²) in [5.41, 5.74) is 0. The Hall–Kier alpha value is -1.30. The number of aliphatic imine (C=N–C) groups is 1. The topological polar surface area (TPSA) is 77.0 Å². The van der Waals surface area contributed by atoms with Crippen LogP contribution in [0.1, 0.15) is 45.4 Å². The molecule has 0 spiro atoms. The SMILES string of the molecule is CCNC(=NCC(=O)NC1CCCCC1)N1CC[C@@H](O)C1. The molecule has 1 amide bonds. The van der Waals surface area contributed by atoms with E-state index in [9.17, 15) is 9.90 Å². The second kappa shape index (κ2) is 8.22. The number of nitrogens with one attached hydrogen (secondary N) is 2. The van der Waals surface area contributed by atoms with Gasteiger partial charge in [-0.15, -0.1) is 0 Å². The van der Waals surface area contributed by atoms with Crippen LogP contribution in [0, 0.1) is 0 Å². The van der Waals surface area contributed by atoms with Gasteiger partial charge in [0.15, 0.2) is 5.96 Å². The summed E-state index contributed by atoms with van der Waals surface area (Å²) in [5, 5.41) is 15.9. The standard InChI is InChI=1S/C15H28N4O2/c1-2-16-15(19-9-8-13(20)11-19)17-10-14(21)18-12-6-4-3-5-7-12/h12-13,20H,2-11H2,1H3,(H,16,17)(H,18,21)/t13-/m1/s1. The quantitative estimate of drug-likeness (QED) is 0.520. The van der Waals surface area contributed by atoms with E-state index in [1.165, 1.54) is 19.3 Å². The molecule has 0 aromatic heterocycles. The normalized spacial score (nSPS) is 24.2. The number of nitrogens with zero attached hydrogens (tertiary/aromatic N) is 2. The highest BCUT2D eigenvalue weighted by Gasteiger charge is 2.23. The zero-order valence-electron chi connectivity index (χ0n) is 13.0. The number of aliphatic hydroxyl groups is 1. The Morgan fingerprint density at radius 3 is 2.67 bits per heavy atom. The van der Waals surface area contributed by atoms with Gasteiger partial charge in [0, 0.05) is 25.7 Å². The van der Waals surface area contributed by atoms with Crippen molar-refractivity contribution in [1.29, 1.82) is 0 Å². The highest BCUT2D eigenvalue weighted by Crippen LogP contribution is 2.17. The van der Waals surface area contributed by atoms with Crippen LogP contribution in [-0.4, -0.2) is 60.2 Å². The molecule has 0 aromatic rings. The average molecular weight is 296 g/mol. The van der Waals surface area contributed by atoms with Crippen LogP contribution in [0.5, 0.6) is 0 Å². The van der Waals surface area contributed by atoms with Gasteiger partial charge in [-0.1, -0.05) is 19.3 Å². The molecule has 0 aromatic carbocycles. The Morgan fingerprint density at radius 1 is 1.29 bits per heavy atom. The number of hydrogen-bond donors (Lipinski definition) is 3. The van der Waals surface area contributed by atoms with E-state index in [1.807, 2.05) is 11.8 Å². The summed E-state index contributed by atoms with van der Waals surface area (Å²) < 4.78 is 0. The van der Waals surface area contributed by atoms with Gasteiger partial charge in [0.05, 0.1) is 6.10 Å². The third-order valence-electron chi connectivity index (χ3n) is 4.14. The molecule has 6 nitrogen and oxygen atoms in total. The average Bonchev–Trinajstić information content (AvgIpc) is 2.91. The molecule has 21 heavy (non-hydrogen) atoms. The van der Waals surface area contributed by atoms with Crippen LogP contribution in [0.4, 0.5) is 0 Å². The minimum absolute atomic E-state index is 0.00273. The first-order valence-corrected chi connectivity index (χ1v) is 8.19. The highest BCUT2D eigenvalue weighted by molar-refractivity contribution is 5.85. The third-order valence-corrected chi connectivity index (χ3v) is 4.14. The lowest BCUT2D eigenvalue weighted by molar-refractivity contribution is -0.120. The Morgan fingerprint density at radius 2 is 2.05 bits per heavy atom. The van der Waals surface area contributed by atoms with E-state index in [0.717, 1.165) is 38.3 Å². The van der Waals surface area contributed by atoms with Crippen molar-refractivity contribution in [2.75, 3.05) is 26.2 Å². The van der Waals surface area contributed by atoms with E-state index in [4.69, 9.17) is 0 Å². The molecule has 0 bridgehead atoms. The molecule has 120 valence electrons. The highest BCUT2D eigenvalue weighted by atomic mass is 16.3. The molecule has 1 atom stereocenters. The smallest absolute Gasteiger partial charge is 0.242 e. The zero-order valence-corrected chi connectivity index (χ0v) is 13.0. The number of rotatable bonds is 4. The predicted octanol–water partition coefficient (Wildman–Crippen LogP) is 0.467. The fourth-order valence-corrected chi connectivity index (χ4v) is 3.03. The van der Waals surface area contributed by atoms with Crippen molar-refractivity contribution in [3.63, 3.8) is 0 Å². The van der Waals surface area contributed by atoms with Crippen molar-refractivity contribution in [1.82, 2.24) is 15.5 Å². The number of carbonyl (C=O) groups is 1. The molecule has 0 radical (unpaired) electrons. The van der Waals surface area contributed by atoms with Crippen LogP contribution in [0.15, 0.2) is 4.99 Å². The second-order valence-corrected chi connectivity index (χ2v) is 5.96. The molecular formula is C15H28N4O2. The van der Waals surface area contributed by atoms with E-state index in [-0.39, 0.29) is 18.6 Å². The number of aliphatic hydroxyl groups excluding tert-OH is 1. The molecule has 1 heterocycles. The molecular weight excluding hydrogens is 268 g/mol. The first kappa shape index (κ1) is 16.1. The molecule has 1 saturated carbocycles. The fraction of sp³-hybridized carbons (Fsp3) is 0.867. The number of amides is 1. The van der Waals surface area contributed by atoms with E-state index in [2.05, 4.69) is 15.6 Å². The molecule has 1 saturated heterocycles. The minimum Gasteiger partial charge on any atom is -0.391 e. The van der Waals surface area contributed by atoms with Gasteiger partial charge >= 0.3 is 0 Å². The van der Waals surface area contributed by atoms with Crippen LogP contribution in [0.25, 0.3) is 0 Å². The maximum absolute atomic E-state index is 12.0. The number of likely N-dealkylation sites (tertiary alicyclic amines) is 1. The molecule has 6 heteroatoms. The van der Waals surface area contributed by atoms with Gasteiger partial charge in [-0.2, -0.15) is 0 Å². The first-order chi connectivity index (χ1) is 10.2. The van der Waals surface area contributed by atoms with Crippen molar-refractivity contribution in [2.45, 2.75) is 57.6 Å². The number of hydrogen-bond acceptors (Lipinski definition) is 3. The summed E-state index contributed by atoms with van der Waals surface area (Å²) in [7, 11) is 0. The Balaban J connectivity index is 1.81. The van der Waals surface area contributed by atoms with Gasteiger partial charge in [-0.05, 0) is 26.2 Å². The lowest BCUT2D eigenvalue weighted by Crippen LogP contribution is -2.42. The fourth-order valence-electron chi connectivity index (χ4n) is 3.03. The van der Waals surface area contributed by atoms with Crippen molar-refractivity contribution in [3.8, 4) is 0 Å². The van der Waals surface area contributed by atoms with Gasteiger partial charge < -0.3 is 20.6 Å². The predicted molar refractivity (Wildman–Crippen MR) is 83.2 cm³/mol. The van der Waals surface area contributed by atoms with Crippen molar-refractivity contribution in [2.24, 2.45) is 4.99 Å². The molecule has 1 aliphatic heterocycles. The number of β-amino-alcohol motifs (C(OH)–C–C–N with tert-alkyl or cyclic N) is 1. The molecule has 2 fully saturated rings. The van der Waals surface area contributed by atoms with Crippen molar-refractivity contribution < 1.29 is 9.90 Å². The Kier molecular flexibility index (Phi) is 6.29. The van der Waals surface area contributed by atoms with Crippen LogP contribution in [0.2, 0.25) is 0 Å². The lowest BCUT2D eigenvalue weighted by Gasteiger charge is -2.23. The molecule has 3 N–H and O–H groups in total. The monoisotopic (exact) mass is 296 g/mol. The summed E-state index contributed by atoms with van der Waals surface area (Å²) >= 11 is 0. The maximum Gasteiger partial charge on any atom is 0.242 e. The van der Waals surface area contributed by atoms with Crippen molar-refractivity contribution >= 4 is 11.9 Å². The largest absolute Gasteiger partial charge is 0.391 e. The molecule has 2 aliphatic rings. The molecule has 2 rings (SSSR count). The summed E-state index contributed by atoms with van der Waals surface area (Å²) in [6, 6.07) is 0.331. The van der Waals surface area contributed by atoms with Gasteiger partial charge in [-0.3, -0.25) is 4.79 Å². The number of carbonyl (C=O) groups excluding carboxylic acids is 1. The first-order valence-electron chi connectivity index (χ1n) is 8.19. The lowest BCUT2D eigenvalue weighted by atomic mass is 9.95. The van der Waals surface area contributed by atoms with Gasteiger partial charge in [0.1, 0.15) is 6.54 Å². The summed E-state index contributed by atoms with van der Waals surface area (Å²) in [6.45, 7) is 4.30. The van der Waals surface area contributed by atoms with Crippen LogP contribution >= 0.6 is 0 Å². The van der Waals surface area contributed by atoms with E-state index in [1.54, 1.807) is 0 Å². The summed E-state index contributed by atoms with van der Waals surface area (Å²) in [4.78, 5) is 18.4. The summed E-state index contributed by atoms with van der Waals surface area (Å²) in [5.74, 6) is 0.727. The second-order valence-electron chi connectivity index (χ2n) is 5.96. The summed E-state index contributed by atoms with van der Waals surface area (Å²) in [6.07, 6.45) is 6.36. The molecule has 0 unspecified atom stereocenters. The van der Waals surface area contributed by atoms with Crippen LogP contribution < -0.4 is 10.6 Å². The number of guanidine groups is 1. The Bertz CT molecular complexity index is 367. The van der Waals surface area contributed by atoms with E-state index < -0.39 is 0 Å². The van der Waals surface area contributed by atoms with Gasteiger partial charge in [-0.25, -0.2) is 4.99 Å². The van der Waals surface area contributed by atoms with Crippen molar-refractivity contribution in [3.05, 3.63) is 0 Å². The van der Waals surface area contributed by atoms with Gasteiger partial charge in [0.25, 0.3) is 0 Å². The minimum atomic E-state index is -0.287. The Labute approximate surface area is 127 Å². The molecule has 1 aliphatic carbocycles. The van der Waals surface area contributed by atoms with Crippen LogP contribution in [0.3, 0.4) is 0 Å². The van der Waals surface area contributed by atoms with E-state index in [0.29, 0.717) is 12.6 Å². The van der Waals surface area contributed by atoms with Crippen LogP contribution in [-0.2, 0) is 4.79 Å². The zero-order chi connectivity index (χ0) is 15.1.